The first-order chi connectivity index (χ1) is 7.66. The Balaban J connectivity index is 1.93. The lowest BCUT2D eigenvalue weighted by Crippen LogP contribution is -2.42. The molecule has 4 nitrogen and oxygen atoms in total. The summed E-state index contributed by atoms with van der Waals surface area (Å²) < 4.78 is 5.22. The molecule has 0 radical (unpaired) electrons. The molecule has 1 saturated heterocycles. The quantitative estimate of drug-likeness (QED) is 0.844. The van der Waals surface area contributed by atoms with Gasteiger partial charge in [-0.1, -0.05) is 0 Å². The number of aromatic nitrogens is 1. The Morgan fingerprint density at radius 3 is 3.12 bits per heavy atom. The molecule has 1 fully saturated rings. The van der Waals surface area contributed by atoms with Crippen molar-refractivity contribution < 1.29 is 4.42 Å². The topological polar surface area (TPSA) is 55.3 Å². The molecule has 0 saturated carbocycles. The van der Waals surface area contributed by atoms with Crippen LogP contribution >= 0.6 is 0 Å². The molecule has 0 aliphatic carbocycles. The van der Waals surface area contributed by atoms with E-state index in [4.69, 9.17) is 10.2 Å². The molecule has 16 heavy (non-hydrogen) atoms. The van der Waals surface area contributed by atoms with Crippen LogP contribution in [-0.2, 0) is 6.54 Å². The Bertz CT molecular complexity index is 335. The van der Waals surface area contributed by atoms with Crippen LogP contribution in [0, 0.1) is 12.8 Å². The van der Waals surface area contributed by atoms with Crippen LogP contribution in [0.4, 0.5) is 0 Å². The van der Waals surface area contributed by atoms with E-state index in [9.17, 15) is 0 Å². The van der Waals surface area contributed by atoms with Gasteiger partial charge in [0.15, 0.2) is 6.39 Å². The van der Waals surface area contributed by atoms with Crippen LogP contribution in [0.2, 0.25) is 0 Å². The predicted molar refractivity (Wildman–Crippen MR) is 62.9 cm³/mol. The Hall–Kier alpha value is -0.870. The number of rotatable bonds is 3. The molecular weight excluding hydrogens is 202 g/mol. The van der Waals surface area contributed by atoms with Crippen LogP contribution in [0.25, 0.3) is 0 Å². The highest BCUT2D eigenvalue weighted by Gasteiger charge is 2.23. The van der Waals surface area contributed by atoms with E-state index in [1.165, 1.54) is 19.2 Å². The highest BCUT2D eigenvalue weighted by Crippen LogP contribution is 2.20. The maximum absolute atomic E-state index is 5.97. The Morgan fingerprint density at radius 2 is 2.50 bits per heavy atom. The average Bonchev–Trinajstić information content (AvgIpc) is 2.65. The van der Waals surface area contributed by atoms with Crippen LogP contribution in [0.3, 0.4) is 0 Å². The molecule has 0 aromatic carbocycles. The van der Waals surface area contributed by atoms with Crippen molar-refractivity contribution in [1.29, 1.82) is 0 Å². The summed E-state index contributed by atoms with van der Waals surface area (Å²) in [5, 5.41) is 0. The van der Waals surface area contributed by atoms with Crippen LogP contribution < -0.4 is 5.73 Å². The maximum atomic E-state index is 5.97. The summed E-state index contributed by atoms with van der Waals surface area (Å²) in [6.45, 7) is 7.20. The molecule has 2 N–H and O–H groups in total. The number of oxazole rings is 1. The SMILES string of the molecule is Cc1ocnc1CN1CCCC(C(C)N)C1. The molecule has 0 amide bonds. The first kappa shape index (κ1) is 11.6. The van der Waals surface area contributed by atoms with E-state index in [2.05, 4.69) is 16.8 Å². The monoisotopic (exact) mass is 223 g/mol. The van der Waals surface area contributed by atoms with Gasteiger partial charge in [0, 0.05) is 19.1 Å². The zero-order valence-electron chi connectivity index (χ0n) is 10.1. The van der Waals surface area contributed by atoms with E-state index in [1.807, 2.05) is 6.92 Å². The van der Waals surface area contributed by atoms with Crippen molar-refractivity contribution in [3.63, 3.8) is 0 Å². The molecular formula is C12H21N3O. The van der Waals surface area contributed by atoms with Crippen LogP contribution in [-0.4, -0.2) is 29.0 Å². The second-order valence-corrected chi connectivity index (χ2v) is 4.85. The first-order valence-electron chi connectivity index (χ1n) is 6.03. The van der Waals surface area contributed by atoms with Gasteiger partial charge < -0.3 is 10.2 Å². The summed E-state index contributed by atoms with van der Waals surface area (Å²) in [4.78, 5) is 6.67. The summed E-state index contributed by atoms with van der Waals surface area (Å²) in [7, 11) is 0. The smallest absolute Gasteiger partial charge is 0.181 e. The second-order valence-electron chi connectivity index (χ2n) is 4.85. The molecule has 2 rings (SSSR count). The fraction of sp³-hybridized carbons (Fsp3) is 0.750. The normalized spacial score (nSPS) is 24.6. The fourth-order valence-corrected chi connectivity index (χ4v) is 2.36. The van der Waals surface area contributed by atoms with Gasteiger partial charge in [-0.3, -0.25) is 4.90 Å². The molecule has 1 aliphatic heterocycles. The molecule has 1 aliphatic rings. The third-order valence-corrected chi connectivity index (χ3v) is 3.50. The number of hydrogen-bond donors (Lipinski definition) is 1. The van der Waals surface area contributed by atoms with E-state index in [1.54, 1.807) is 0 Å². The van der Waals surface area contributed by atoms with Crippen molar-refractivity contribution in [2.24, 2.45) is 11.7 Å². The van der Waals surface area contributed by atoms with Crippen LogP contribution in [0.5, 0.6) is 0 Å². The second kappa shape index (κ2) is 4.97. The Morgan fingerprint density at radius 1 is 1.69 bits per heavy atom. The van der Waals surface area contributed by atoms with Gasteiger partial charge in [-0.25, -0.2) is 4.98 Å². The number of nitrogens with two attached hydrogens (primary N) is 1. The number of piperidine rings is 1. The van der Waals surface area contributed by atoms with Crippen LogP contribution in [0.15, 0.2) is 10.8 Å². The molecule has 1 aromatic rings. The van der Waals surface area contributed by atoms with Gasteiger partial charge in [0.25, 0.3) is 0 Å². The number of likely N-dealkylation sites (tertiary alicyclic amines) is 1. The first-order valence-corrected chi connectivity index (χ1v) is 6.03. The van der Waals surface area contributed by atoms with E-state index in [0.717, 1.165) is 31.1 Å². The molecule has 1 aromatic heterocycles. The van der Waals surface area contributed by atoms with Crippen molar-refractivity contribution in [2.45, 2.75) is 39.3 Å². The lowest BCUT2D eigenvalue weighted by atomic mass is 9.92. The van der Waals surface area contributed by atoms with Gasteiger partial charge in [-0.05, 0) is 39.2 Å². The molecule has 0 spiro atoms. The number of aryl methyl sites for hydroxylation is 1. The lowest BCUT2D eigenvalue weighted by Gasteiger charge is -2.34. The van der Waals surface area contributed by atoms with E-state index in [-0.39, 0.29) is 0 Å². The van der Waals surface area contributed by atoms with Gasteiger partial charge in [0.05, 0.1) is 5.69 Å². The van der Waals surface area contributed by atoms with E-state index < -0.39 is 0 Å². The fourth-order valence-electron chi connectivity index (χ4n) is 2.36. The maximum Gasteiger partial charge on any atom is 0.181 e. The zero-order chi connectivity index (χ0) is 11.5. The van der Waals surface area contributed by atoms with Gasteiger partial charge in [0.2, 0.25) is 0 Å². The van der Waals surface area contributed by atoms with E-state index >= 15 is 0 Å². The summed E-state index contributed by atoms with van der Waals surface area (Å²) in [6.07, 6.45) is 4.02. The van der Waals surface area contributed by atoms with Gasteiger partial charge >= 0.3 is 0 Å². The number of hydrogen-bond acceptors (Lipinski definition) is 4. The molecule has 2 unspecified atom stereocenters. The van der Waals surface area contributed by atoms with E-state index in [0.29, 0.717) is 12.0 Å². The molecule has 4 heteroatoms. The van der Waals surface area contributed by atoms with Gasteiger partial charge in [0.1, 0.15) is 5.76 Å². The minimum Gasteiger partial charge on any atom is -0.448 e. The van der Waals surface area contributed by atoms with Gasteiger partial charge in [-0.2, -0.15) is 0 Å². The highest BCUT2D eigenvalue weighted by molar-refractivity contribution is 5.04. The third-order valence-electron chi connectivity index (χ3n) is 3.50. The summed E-state index contributed by atoms with van der Waals surface area (Å²) in [5.74, 6) is 1.56. The molecule has 2 heterocycles. The summed E-state index contributed by atoms with van der Waals surface area (Å²) >= 11 is 0. The van der Waals surface area contributed by atoms with Crippen molar-refractivity contribution in [3.05, 3.63) is 17.8 Å². The largest absolute Gasteiger partial charge is 0.448 e. The minimum atomic E-state index is 0.293. The van der Waals surface area contributed by atoms with Crippen molar-refractivity contribution in [2.75, 3.05) is 13.1 Å². The average molecular weight is 223 g/mol. The molecule has 0 bridgehead atoms. The van der Waals surface area contributed by atoms with Crippen LogP contribution in [0.1, 0.15) is 31.2 Å². The minimum absolute atomic E-state index is 0.293. The Kier molecular flexibility index (Phi) is 3.61. The van der Waals surface area contributed by atoms with Gasteiger partial charge in [-0.15, -0.1) is 0 Å². The molecule has 90 valence electrons. The standard InChI is InChI=1S/C12H21N3O/c1-9(13)11-4-3-5-15(6-11)7-12-10(2)16-8-14-12/h8-9,11H,3-7,13H2,1-2H3. The van der Waals surface area contributed by atoms with Crippen molar-refractivity contribution in [1.82, 2.24) is 9.88 Å². The zero-order valence-corrected chi connectivity index (χ0v) is 10.1. The Labute approximate surface area is 96.8 Å². The predicted octanol–water partition coefficient (Wildman–Crippen LogP) is 1.54. The molecule has 2 atom stereocenters. The van der Waals surface area contributed by atoms with Crippen molar-refractivity contribution >= 4 is 0 Å². The summed E-state index contributed by atoms with van der Waals surface area (Å²) in [5.41, 5.74) is 7.03. The highest BCUT2D eigenvalue weighted by atomic mass is 16.3. The summed E-state index contributed by atoms with van der Waals surface area (Å²) in [6, 6.07) is 0.293. The number of nitrogens with zero attached hydrogens (tertiary/aromatic N) is 2. The van der Waals surface area contributed by atoms with Crippen molar-refractivity contribution in [3.8, 4) is 0 Å². The third kappa shape index (κ3) is 2.62. The lowest BCUT2D eigenvalue weighted by molar-refractivity contribution is 0.152.